The molecular weight excluding hydrogens is 218 g/mol. The van der Waals surface area contributed by atoms with E-state index in [2.05, 4.69) is 21.6 Å². The molecule has 0 aliphatic rings. The minimum absolute atomic E-state index is 0.142. The van der Waals surface area contributed by atoms with Crippen molar-refractivity contribution in [3.05, 3.63) is 16.1 Å². The van der Waals surface area contributed by atoms with Gasteiger partial charge in [-0.15, -0.1) is 11.3 Å². The van der Waals surface area contributed by atoms with Gasteiger partial charge in [-0.1, -0.05) is 0 Å². The molecule has 0 bridgehead atoms. The number of aromatic carboxylic acids is 1. The molecule has 1 heterocycles. The molecule has 0 radical (unpaired) electrons. The number of aromatic nitrogens is 1. The Morgan fingerprint density at radius 2 is 2.40 bits per heavy atom. The molecule has 0 atom stereocenters. The molecule has 0 spiro atoms. The summed E-state index contributed by atoms with van der Waals surface area (Å²) in [6, 6.07) is 0. The van der Waals surface area contributed by atoms with Crippen molar-refractivity contribution in [2.24, 2.45) is 0 Å². The number of hydrogen-bond acceptors (Lipinski definition) is 5. The summed E-state index contributed by atoms with van der Waals surface area (Å²) in [5.74, 6) is 2.75. The Bertz CT molecular complexity index is 440. The van der Waals surface area contributed by atoms with Crippen molar-refractivity contribution < 1.29 is 19.4 Å². The molecule has 1 rings (SSSR count). The highest BCUT2D eigenvalue weighted by Crippen LogP contribution is 2.11. The van der Waals surface area contributed by atoms with Crippen LogP contribution in [0.15, 0.2) is 5.51 Å². The summed E-state index contributed by atoms with van der Waals surface area (Å²) in [7, 11) is 0. The maximum absolute atomic E-state index is 10.9. The lowest BCUT2D eigenvalue weighted by atomic mass is 10.3. The maximum atomic E-state index is 10.9. The van der Waals surface area contributed by atoms with E-state index < -0.39 is 11.9 Å². The van der Waals surface area contributed by atoms with Crippen LogP contribution in [0.2, 0.25) is 0 Å². The molecule has 1 N–H and O–H groups in total. The molecule has 0 aliphatic carbocycles. The predicted molar refractivity (Wildman–Crippen MR) is 52.6 cm³/mol. The molecule has 1 aromatic rings. The van der Waals surface area contributed by atoms with E-state index in [1.54, 1.807) is 6.92 Å². The van der Waals surface area contributed by atoms with Crippen molar-refractivity contribution >= 4 is 23.3 Å². The highest BCUT2D eigenvalue weighted by Gasteiger charge is 2.11. The summed E-state index contributed by atoms with van der Waals surface area (Å²) >= 11 is 1.06. The van der Waals surface area contributed by atoms with Crippen LogP contribution in [-0.2, 0) is 9.53 Å². The monoisotopic (exact) mass is 225 g/mol. The average molecular weight is 225 g/mol. The average Bonchev–Trinajstić information content (AvgIpc) is 2.63. The van der Waals surface area contributed by atoms with Crippen LogP contribution >= 0.6 is 11.3 Å². The van der Waals surface area contributed by atoms with Gasteiger partial charge in [0.05, 0.1) is 12.1 Å². The molecule has 0 fully saturated rings. The molecule has 0 aliphatic heterocycles. The molecular formula is C9H7NO4S. The second-order valence-electron chi connectivity index (χ2n) is 2.31. The summed E-state index contributed by atoms with van der Waals surface area (Å²) in [4.78, 5) is 25.3. The van der Waals surface area contributed by atoms with E-state index in [0.29, 0.717) is 0 Å². The molecule has 78 valence electrons. The molecule has 0 amide bonds. The second kappa shape index (κ2) is 5.12. The first kappa shape index (κ1) is 11.2. The van der Waals surface area contributed by atoms with Gasteiger partial charge in [-0.2, -0.15) is 0 Å². The summed E-state index contributed by atoms with van der Waals surface area (Å²) in [6.45, 7) is 1.90. The Kier molecular flexibility index (Phi) is 3.83. The number of carbonyl (C=O) groups is 2. The van der Waals surface area contributed by atoms with Crippen molar-refractivity contribution in [3.8, 4) is 11.8 Å². The fourth-order valence-electron chi connectivity index (χ4n) is 0.762. The van der Waals surface area contributed by atoms with Gasteiger partial charge >= 0.3 is 11.9 Å². The first-order valence-electron chi connectivity index (χ1n) is 4.00. The summed E-state index contributed by atoms with van der Waals surface area (Å²) in [5, 5.41) is 8.68. The molecule has 0 saturated carbocycles. The smallest absolute Gasteiger partial charge is 0.384 e. The normalized spacial score (nSPS) is 8.87. The lowest BCUT2D eigenvalue weighted by Gasteiger charge is -1.90. The van der Waals surface area contributed by atoms with Crippen LogP contribution in [0, 0.1) is 11.8 Å². The fourth-order valence-corrected chi connectivity index (χ4v) is 1.39. The fraction of sp³-hybridized carbons (Fsp3) is 0.222. The Labute approximate surface area is 89.7 Å². The second-order valence-corrected chi connectivity index (χ2v) is 3.16. The van der Waals surface area contributed by atoms with Gasteiger partial charge in [0.25, 0.3) is 0 Å². The van der Waals surface area contributed by atoms with Gasteiger partial charge in [-0.05, 0) is 12.8 Å². The van der Waals surface area contributed by atoms with E-state index in [1.807, 2.05) is 0 Å². The van der Waals surface area contributed by atoms with Crippen molar-refractivity contribution in [2.75, 3.05) is 6.61 Å². The van der Waals surface area contributed by atoms with Crippen LogP contribution in [0.5, 0.6) is 0 Å². The Morgan fingerprint density at radius 1 is 1.67 bits per heavy atom. The van der Waals surface area contributed by atoms with Gasteiger partial charge in [-0.25, -0.2) is 14.6 Å². The van der Waals surface area contributed by atoms with Gasteiger partial charge in [0, 0.05) is 5.92 Å². The minimum Gasteiger partial charge on any atom is -0.476 e. The highest BCUT2D eigenvalue weighted by molar-refractivity contribution is 7.10. The van der Waals surface area contributed by atoms with Crippen LogP contribution in [0.25, 0.3) is 0 Å². The van der Waals surface area contributed by atoms with Crippen LogP contribution in [-0.4, -0.2) is 28.6 Å². The molecule has 1 aromatic heterocycles. The van der Waals surface area contributed by atoms with E-state index in [1.165, 1.54) is 5.51 Å². The first-order valence-corrected chi connectivity index (χ1v) is 4.88. The molecule has 15 heavy (non-hydrogen) atoms. The topological polar surface area (TPSA) is 76.5 Å². The third-order valence-electron chi connectivity index (χ3n) is 1.32. The SMILES string of the molecule is CCOC(=O)C#Cc1scnc1C(=O)O. The maximum Gasteiger partial charge on any atom is 0.384 e. The molecule has 6 heteroatoms. The lowest BCUT2D eigenvalue weighted by Crippen LogP contribution is -2.01. The lowest BCUT2D eigenvalue weighted by molar-refractivity contribution is -0.136. The van der Waals surface area contributed by atoms with Crippen LogP contribution in [0.1, 0.15) is 22.3 Å². The van der Waals surface area contributed by atoms with E-state index in [9.17, 15) is 9.59 Å². The highest BCUT2D eigenvalue weighted by atomic mass is 32.1. The quantitative estimate of drug-likeness (QED) is 0.593. The standard InChI is InChI=1S/C9H7NO4S/c1-2-14-7(11)4-3-6-8(9(12)13)10-5-15-6/h5H,2H2,1H3,(H,12,13). The van der Waals surface area contributed by atoms with E-state index >= 15 is 0 Å². The summed E-state index contributed by atoms with van der Waals surface area (Å²) in [5.41, 5.74) is 1.22. The number of carboxylic acid groups (broad SMARTS) is 1. The number of carboxylic acids is 1. The zero-order valence-corrected chi connectivity index (χ0v) is 8.63. The van der Waals surface area contributed by atoms with Crippen molar-refractivity contribution in [2.45, 2.75) is 6.92 Å². The zero-order valence-electron chi connectivity index (χ0n) is 7.81. The van der Waals surface area contributed by atoms with Gasteiger partial charge < -0.3 is 9.84 Å². The van der Waals surface area contributed by atoms with E-state index in [0.717, 1.165) is 11.3 Å². The number of thiazole rings is 1. The van der Waals surface area contributed by atoms with Crippen LogP contribution in [0.3, 0.4) is 0 Å². The van der Waals surface area contributed by atoms with Crippen LogP contribution in [0.4, 0.5) is 0 Å². The molecule has 5 nitrogen and oxygen atoms in total. The first-order chi connectivity index (χ1) is 7.15. The molecule has 0 aromatic carbocycles. The van der Waals surface area contributed by atoms with Crippen molar-refractivity contribution in [1.29, 1.82) is 0 Å². The van der Waals surface area contributed by atoms with Gasteiger partial charge in [0.15, 0.2) is 5.69 Å². The van der Waals surface area contributed by atoms with Crippen molar-refractivity contribution in [1.82, 2.24) is 4.98 Å². The molecule has 0 saturated heterocycles. The Morgan fingerprint density at radius 3 is 3.00 bits per heavy atom. The number of esters is 1. The predicted octanol–water partition coefficient (Wildman–Crippen LogP) is 0.756. The zero-order chi connectivity index (χ0) is 11.3. The third kappa shape index (κ3) is 3.07. The van der Waals surface area contributed by atoms with E-state index in [4.69, 9.17) is 5.11 Å². The van der Waals surface area contributed by atoms with Gasteiger partial charge in [0.1, 0.15) is 4.88 Å². The van der Waals surface area contributed by atoms with Gasteiger partial charge in [0.2, 0.25) is 0 Å². The Hall–Kier alpha value is -1.87. The van der Waals surface area contributed by atoms with E-state index in [-0.39, 0.29) is 17.2 Å². The number of ether oxygens (including phenoxy) is 1. The minimum atomic E-state index is -1.16. The van der Waals surface area contributed by atoms with Gasteiger partial charge in [-0.3, -0.25) is 0 Å². The van der Waals surface area contributed by atoms with Crippen molar-refractivity contribution in [3.63, 3.8) is 0 Å². The number of rotatable bonds is 2. The third-order valence-corrected chi connectivity index (χ3v) is 2.07. The summed E-state index contributed by atoms with van der Waals surface area (Å²) < 4.78 is 4.56. The van der Waals surface area contributed by atoms with Crippen LogP contribution < -0.4 is 0 Å². The summed E-state index contributed by atoms with van der Waals surface area (Å²) in [6.07, 6.45) is 0. The Balaban J connectivity index is 2.84. The number of nitrogens with zero attached hydrogens (tertiary/aromatic N) is 1. The largest absolute Gasteiger partial charge is 0.476 e. The molecule has 0 unspecified atom stereocenters. The number of carbonyl (C=O) groups excluding carboxylic acids is 1. The number of hydrogen-bond donors (Lipinski definition) is 1.